The summed E-state index contributed by atoms with van der Waals surface area (Å²) in [6, 6.07) is 11.0. The molecule has 6 heteroatoms. The normalized spacial score (nSPS) is 17.2. The second-order valence-corrected chi connectivity index (χ2v) is 7.77. The number of aliphatic hydroxyl groups is 1. The summed E-state index contributed by atoms with van der Waals surface area (Å²) in [4.78, 5) is 26.8. The van der Waals surface area contributed by atoms with Crippen LogP contribution >= 0.6 is 0 Å². The third kappa shape index (κ3) is 4.62. The first kappa shape index (κ1) is 20.1. The van der Waals surface area contributed by atoms with Crippen molar-refractivity contribution in [2.45, 2.75) is 51.7 Å². The van der Waals surface area contributed by atoms with E-state index in [1.165, 1.54) is 0 Å². The molecule has 1 unspecified atom stereocenters. The fourth-order valence-electron chi connectivity index (χ4n) is 3.70. The van der Waals surface area contributed by atoms with E-state index >= 15 is 0 Å². The van der Waals surface area contributed by atoms with Gasteiger partial charge in [-0.05, 0) is 45.2 Å². The lowest BCUT2D eigenvalue weighted by atomic mass is 9.91. The molecule has 0 spiro atoms. The monoisotopic (exact) mass is 384 g/mol. The van der Waals surface area contributed by atoms with Gasteiger partial charge < -0.3 is 19.7 Å². The predicted octanol–water partition coefficient (Wildman–Crippen LogP) is 2.92. The number of piperidine rings is 1. The Kier molecular flexibility index (Phi) is 5.89. The fourth-order valence-corrected chi connectivity index (χ4v) is 3.70. The molecule has 1 aromatic carbocycles. The van der Waals surface area contributed by atoms with Gasteiger partial charge in [-0.3, -0.25) is 9.59 Å². The van der Waals surface area contributed by atoms with Gasteiger partial charge in [0.2, 0.25) is 5.91 Å². The van der Waals surface area contributed by atoms with E-state index in [1.807, 2.05) is 37.3 Å². The van der Waals surface area contributed by atoms with E-state index < -0.39 is 5.60 Å². The molecule has 2 N–H and O–H groups in total. The molecule has 3 rings (SSSR count). The van der Waals surface area contributed by atoms with Crippen molar-refractivity contribution in [3.05, 3.63) is 59.0 Å². The van der Waals surface area contributed by atoms with Gasteiger partial charge in [-0.2, -0.15) is 0 Å². The maximum Gasteiger partial charge on any atom is 0.255 e. The van der Waals surface area contributed by atoms with Gasteiger partial charge in [0.1, 0.15) is 11.5 Å². The summed E-state index contributed by atoms with van der Waals surface area (Å²) in [6.07, 6.45) is 1.43. The number of nitrogens with one attached hydrogen (secondary N) is 1. The second-order valence-electron chi connectivity index (χ2n) is 7.77. The van der Waals surface area contributed by atoms with Gasteiger partial charge in [0.25, 0.3) is 5.91 Å². The molecule has 1 atom stereocenters. The summed E-state index contributed by atoms with van der Waals surface area (Å²) in [5, 5.41) is 13.7. The van der Waals surface area contributed by atoms with E-state index in [9.17, 15) is 14.7 Å². The number of aryl methyl sites for hydroxylation is 2. The molecule has 150 valence electrons. The quantitative estimate of drug-likeness (QED) is 0.830. The minimum absolute atomic E-state index is 0.0285. The Morgan fingerprint density at radius 2 is 1.86 bits per heavy atom. The van der Waals surface area contributed by atoms with Gasteiger partial charge >= 0.3 is 0 Å². The van der Waals surface area contributed by atoms with Crippen LogP contribution < -0.4 is 5.32 Å². The van der Waals surface area contributed by atoms with Crippen molar-refractivity contribution in [2.75, 3.05) is 13.1 Å². The first-order chi connectivity index (χ1) is 13.3. The maximum atomic E-state index is 12.7. The number of likely N-dealkylation sites (tertiary alicyclic amines) is 1. The number of hydrogen-bond donors (Lipinski definition) is 2. The van der Waals surface area contributed by atoms with Crippen LogP contribution in [0.15, 0.2) is 40.8 Å². The van der Waals surface area contributed by atoms with E-state index in [2.05, 4.69) is 5.32 Å². The zero-order valence-electron chi connectivity index (χ0n) is 16.7. The van der Waals surface area contributed by atoms with E-state index in [-0.39, 0.29) is 24.3 Å². The lowest BCUT2D eigenvalue weighted by Crippen LogP contribution is -2.47. The highest BCUT2D eigenvalue weighted by molar-refractivity contribution is 5.95. The van der Waals surface area contributed by atoms with Gasteiger partial charge in [0.15, 0.2) is 0 Å². The molecule has 0 bridgehead atoms. The van der Waals surface area contributed by atoms with E-state index in [0.717, 1.165) is 5.56 Å². The summed E-state index contributed by atoms with van der Waals surface area (Å²) in [6.45, 7) is 6.40. The minimum Gasteiger partial charge on any atom is -0.466 e. The number of rotatable bonds is 5. The molecule has 1 fully saturated rings. The van der Waals surface area contributed by atoms with Crippen LogP contribution in [0.3, 0.4) is 0 Å². The lowest BCUT2D eigenvalue weighted by molar-refractivity contribution is -0.137. The summed E-state index contributed by atoms with van der Waals surface area (Å²) in [7, 11) is 0. The standard InChI is InChI=1S/C22H28N2O4/c1-15-13-19(16(2)28-15)21(26)23-18-9-11-24(12-10-18)20(25)14-22(3,27)17-7-5-4-6-8-17/h4-8,13,18,27H,9-12,14H2,1-3H3,(H,23,26). The van der Waals surface area contributed by atoms with Crippen LogP contribution in [-0.4, -0.2) is 41.0 Å². The van der Waals surface area contributed by atoms with Crippen molar-refractivity contribution in [3.63, 3.8) is 0 Å². The summed E-state index contributed by atoms with van der Waals surface area (Å²) in [5.41, 5.74) is 0.103. The molecule has 1 aliphatic heterocycles. The van der Waals surface area contributed by atoms with Crippen LogP contribution in [0.4, 0.5) is 0 Å². The number of benzene rings is 1. The van der Waals surface area contributed by atoms with E-state index in [0.29, 0.717) is 43.0 Å². The summed E-state index contributed by atoms with van der Waals surface area (Å²) in [5.74, 6) is 1.13. The van der Waals surface area contributed by atoms with Crippen molar-refractivity contribution in [1.82, 2.24) is 10.2 Å². The van der Waals surface area contributed by atoms with E-state index in [1.54, 1.807) is 24.8 Å². The van der Waals surface area contributed by atoms with Crippen molar-refractivity contribution >= 4 is 11.8 Å². The molecule has 1 aromatic heterocycles. The zero-order chi connectivity index (χ0) is 20.3. The average Bonchev–Trinajstić information content (AvgIpc) is 3.01. The third-order valence-electron chi connectivity index (χ3n) is 5.36. The minimum atomic E-state index is -1.19. The molecule has 0 aliphatic carbocycles. The van der Waals surface area contributed by atoms with Crippen molar-refractivity contribution in [2.24, 2.45) is 0 Å². The van der Waals surface area contributed by atoms with Crippen molar-refractivity contribution in [1.29, 1.82) is 0 Å². The number of hydrogen-bond acceptors (Lipinski definition) is 4. The molecule has 6 nitrogen and oxygen atoms in total. The van der Waals surface area contributed by atoms with Gasteiger partial charge in [-0.25, -0.2) is 0 Å². The highest BCUT2D eigenvalue weighted by atomic mass is 16.3. The smallest absolute Gasteiger partial charge is 0.255 e. The molecule has 2 aromatic rings. The van der Waals surface area contributed by atoms with Gasteiger partial charge in [0.05, 0.1) is 17.6 Å². The average molecular weight is 384 g/mol. The Morgan fingerprint density at radius 1 is 1.21 bits per heavy atom. The van der Waals surface area contributed by atoms with Crippen LogP contribution in [0.5, 0.6) is 0 Å². The summed E-state index contributed by atoms with van der Waals surface area (Å²) >= 11 is 0. The van der Waals surface area contributed by atoms with Crippen LogP contribution in [0.2, 0.25) is 0 Å². The zero-order valence-corrected chi connectivity index (χ0v) is 16.7. The number of carbonyl (C=O) groups is 2. The molecule has 0 radical (unpaired) electrons. The molecule has 0 saturated carbocycles. The Bertz CT molecular complexity index is 833. The van der Waals surface area contributed by atoms with E-state index in [4.69, 9.17) is 4.42 Å². The largest absolute Gasteiger partial charge is 0.466 e. The second kappa shape index (κ2) is 8.19. The molecule has 2 amide bonds. The van der Waals surface area contributed by atoms with Crippen LogP contribution in [0, 0.1) is 13.8 Å². The SMILES string of the molecule is Cc1cc(C(=O)NC2CCN(C(=O)CC(C)(O)c3ccccc3)CC2)c(C)o1. The molecule has 2 heterocycles. The maximum absolute atomic E-state index is 12.7. The number of carbonyl (C=O) groups excluding carboxylic acids is 2. The van der Waals surface area contributed by atoms with Gasteiger partial charge in [0, 0.05) is 19.1 Å². The van der Waals surface area contributed by atoms with Crippen LogP contribution in [0.1, 0.15) is 53.6 Å². The number of amides is 2. The Balaban J connectivity index is 1.51. The van der Waals surface area contributed by atoms with Crippen molar-refractivity contribution in [3.8, 4) is 0 Å². The fraction of sp³-hybridized carbons (Fsp3) is 0.455. The van der Waals surface area contributed by atoms with Crippen LogP contribution in [-0.2, 0) is 10.4 Å². The van der Waals surface area contributed by atoms with Gasteiger partial charge in [-0.15, -0.1) is 0 Å². The summed E-state index contributed by atoms with van der Waals surface area (Å²) < 4.78 is 5.42. The molecular weight excluding hydrogens is 356 g/mol. The number of furan rings is 1. The van der Waals surface area contributed by atoms with Crippen molar-refractivity contribution < 1.29 is 19.1 Å². The third-order valence-corrected chi connectivity index (χ3v) is 5.36. The number of nitrogens with zero attached hydrogens (tertiary/aromatic N) is 1. The predicted molar refractivity (Wildman–Crippen MR) is 106 cm³/mol. The van der Waals surface area contributed by atoms with Crippen LogP contribution in [0.25, 0.3) is 0 Å². The highest BCUT2D eigenvalue weighted by Crippen LogP contribution is 2.26. The Labute approximate surface area is 165 Å². The lowest BCUT2D eigenvalue weighted by Gasteiger charge is -2.34. The topological polar surface area (TPSA) is 82.8 Å². The molecule has 28 heavy (non-hydrogen) atoms. The first-order valence-electron chi connectivity index (χ1n) is 9.70. The Hall–Kier alpha value is -2.60. The van der Waals surface area contributed by atoms with Gasteiger partial charge in [-0.1, -0.05) is 30.3 Å². The highest BCUT2D eigenvalue weighted by Gasteiger charge is 2.31. The molecular formula is C22H28N2O4. The Morgan fingerprint density at radius 3 is 2.43 bits per heavy atom. The molecule has 1 aliphatic rings. The first-order valence-corrected chi connectivity index (χ1v) is 9.70. The molecule has 1 saturated heterocycles.